The molecule has 1 amide bonds. The second kappa shape index (κ2) is 4.86. The summed E-state index contributed by atoms with van der Waals surface area (Å²) < 4.78 is 5.39. The molecule has 1 aliphatic carbocycles. The second-order valence-electron chi connectivity index (χ2n) is 4.62. The van der Waals surface area contributed by atoms with Gasteiger partial charge in [-0.15, -0.1) is 0 Å². The minimum atomic E-state index is -0.365. The highest BCUT2D eigenvalue weighted by atomic mass is 16.5. The third kappa shape index (κ3) is 2.41. The molecule has 0 heterocycles. The van der Waals surface area contributed by atoms with E-state index >= 15 is 0 Å². The Bertz CT molecular complexity index is 449. The maximum absolute atomic E-state index is 11.9. The van der Waals surface area contributed by atoms with E-state index in [4.69, 9.17) is 9.84 Å². The lowest BCUT2D eigenvalue weighted by molar-refractivity contribution is -0.0679. The summed E-state index contributed by atoms with van der Waals surface area (Å²) in [5, 5.41) is 21.5. The van der Waals surface area contributed by atoms with E-state index in [2.05, 4.69) is 5.32 Å². The zero-order valence-electron chi connectivity index (χ0n) is 10.3. The molecule has 0 aromatic heterocycles. The van der Waals surface area contributed by atoms with E-state index < -0.39 is 0 Å². The second-order valence-corrected chi connectivity index (χ2v) is 4.62. The normalized spacial score (nSPS) is 16.9. The number of benzene rings is 1. The highest BCUT2D eigenvalue weighted by Crippen LogP contribution is 2.34. The van der Waals surface area contributed by atoms with Crippen LogP contribution in [0, 0.1) is 0 Å². The molecule has 2 rings (SSSR count). The molecule has 3 N–H and O–H groups in total. The number of carbonyl (C=O) groups is 1. The van der Waals surface area contributed by atoms with Gasteiger partial charge in [0.05, 0.1) is 11.2 Å². The molecule has 1 aliphatic rings. The van der Waals surface area contributed by atoms with Gasteiger partial charge in [-0.05, 0) is 31.4 Å². The molecule has 1 saturated carbocycles. The van der Waals surface area contributed by atoms with E-state index in [-0.39, 0.29) is 28.6 Å². The first-order valence-electron chi connectivity index (χ1n) is 5.92. The molecule has 5 nitrogen and oxygen atoms in total. The van der Waals surface area contributed by atoms with Crippen LogP contribution in [0.5, 0.6) is 11.5 Å². The summed E-state index contributed by atoms with van der Waals surface area (Å²) in [6.07, 6.45) is 2.98. The van der Waals surface area contributed by atoms with Crippen LogP contribution in [0.1, 0.15) is 29.6 Å². The van der Waals surface area contributed by atoms with Gasteiger partial charge < -0.3 is 20.3 Å². The van der Waals surface area contributed by atoms with Gasteiger partial charge in [-0.2, -0.15) is 0 Å². The Kier molecular flexibility index (Phi) is 3.43. The molecular formula is C13H17NO4. The standard InChI is InChI=1S/C13H17NO4/c1-18-13(5-2-6-13)8-14-12(17)10-4-3-9(15)7-11(10)16/h3-4,7,15-16H,2,5-6,8H2,1H3,(H,14,17). The fourth-order valence-corrected chi connectivity index (χ4v) is 2.07. The summed E-state index contributed by atoms with van der Waals surface area (Å²) in [6.45, 7) is 0.433. The van der Waals surface area contributed by atoms with Crippen molar-refractivity contribution in [2.75, 3.05) is 13.7 Å². The molecule has 98 valence electrons. The van der Waals surface area contributed by atoms with Crippen LogP contribution in [0.25, 0.3) is 0 Å². The summed E-state index contributed by atoms with van der Waals surface area (Å²) in [5.41, 5.74) is -0.0965. The number of hydrogen-bond acceptors (Lipinski definition) is 4. The molecule has 18 heavy (non-hydrogen) atoms. The monoisotopic (exact) mass is 251 g/mol. The minimum Gasteiger partial charge on any atom is -0.508 e. The molecule has 5 heteroatoms. The van der Waals surface area contributed by atoms with Gasteiger partial charge in [0.25, 0.3) is 5.91 Å². The molecule has 0 aliphatic heterocycles. The third-order valence-corrected chi connectivity index (χ3v) is 3.49. The zero-order valence-corrected chi connectivity index (χ0v) is 10.3. The van der Waals surface area contributed by atoms with E-state index in [1.165, 1.54) is 12.1 Å². The highest BCUT2D eigenvalue weighted by molar-refractivity contribution is 5.97. The Labute approximate surface area is 105 Å². The lowest BCUT2D eigenvalue weighted by Gasteiger charge is -2.40. The fraction of sp³-hybridized carbons (Fsp3) is 0.462. The van der Waals surface area contributed by atoms with E-state index in [1.54, 1.807) is 7.11 Å². The summed E-state index contributed by atoms with van der Waals surface area (Å²) in [4.78, 5) is 11.9. The molecule has 1 aromatic rings. The molecule has 0 radical (unpaired) electrons. The summed E-state index contributed by atoms with van der Waals surface area (Å²) in [5.74, 6) is -0.667. The van der Waals surface area contributed by atoms with Crippen LogP contribution < -0.4 is 5.32 Å². The number of methoxy groups -OCH3 is 1. The Morgan fingerprint density at radius 3 is 2.67 bits per heavy atom. The van der Waals surface area contributed by atoms with E-state index in [9.17, 15) is 9.90 Å². The lowest BCUT2D eigenvalue weighted by Crippen LogP contribution is -2.49. The number of nitrogens with one attached hydrogen (secondary N) is 1. The third-order valence-electron chi connectivity index (χ3n) is 3.49. The van der Waals surface area contributed by atoms with E-state index in [0.717, 1.165) is 25.3 Å². The van der Waals surface area contributed by atoms with Crippen molar-refractivity contribution < 1.29 is 19.7 Å². The van der Waals surface area contributed by atoms with Crippen molar-refractivity contribution in [2.45, 2.75) is 24.9 Å². The summed E-state index contributed by atoms with van der Waals surface area (Å²) >= 11 is 0. The summed E-state index contributed by atoms with van der Waals surface area (Å²) in [7, 11) is 1.64. The Morgan fingerprint density at radius 2 is 2.17 bits per heavy atom. The molecular weight excluding hydrogens is 234 g/mol. The Hall–Kier alpha value is -1.75. The average molecular weight is 251 g/mol. The Morgan fingerprint density at radius 1 is 1.44 bits per heavy atom. The van der Waals surface area contributed by atoms with Gasteiger partial charge in [0, 0.05) is 19.7 Å². The van der Waals surface area contributed by atoms with Gasteiger partial charge in [0.1, 0.15) is 11.5 Å². The molecule has 1 fully saturated rings. The number of amides is 1. The molecule has 0 bridgehead atoms. The quantitative estimate of drug-likeness (QED) is 0.755. The predicted molar refractivity (Wildman–Crippen MR) is 65.7 cm³/mol. The predicted octanol–water partition coefficient (Wildman–Crippen LogP) is 1.40. The SMILES string of the molecule is COC1(CNC(=O)c2ccc(O)cc2O)CCC1. The van der Waals surface area contributed by atoms with Crippen LogP contribution in [0.3, 0.4) is 0 Å². The maximum atomic E-state index is 11.9. The van der Waals surface area contributed by atoms with Gasteiger partial charge in [-0.1, -0.05) is 0 Å². The zero-order chi connectivity index (χ0) is 13.2. The first-order valence-corrected chi connectivity index (χ1v) is 5.92. The van der Waals surface area contributed by atoms with Crippen LogP contribution in [-0.4, -0.2) is 35.4 Å². The number of phenols is 2. The van der Waals surface area contributed by atoms with Crippen LogP contribution in [0.4, 0.5) is 0 Å². The van der Waals surface area contributed by atoms with Crippen LogP contribution in [0.15, 0.2) is 18.2 Å². The smallest absolute Gasteiger partial charge is 0.255 e. The Balaban J connectivity index is 1.99. The van der Waals surface area contributed by atoms with Crippen LogP contribution >= 0.6 is 0 Å². The topological polar surface area (TPSA) is 78.8 Å². The van der Waals surface area contributed by atoms with E-state index in [1.807, 2.05) is 0 Å². The number of hydrogen-bond donors (Lipinski definition) is 3. The molecule has 0 atom stereocenters. The molecule has 0 spiro atoms. The van der Waals surface area contributed by atoms with Crippen molar-refractivity contribution in [3.63, 3.8) is 0 Å². The van der Waals surface area contributed by atoms with Gasteiger partial charge in [-0.3, -0.25) is 4.79 Å². The van der Waals surface area contributed by atoms with Crippen molar-refractivity contribution in [3.05, 3.63) is 23.8 Å². The number of rotatable bonds is 4. The van der Waals surface area contributed by atoms with Crippen molar-refractivity contribution >= 4 is 5.91 Å². The van der Waals surface area contributed by atoms with Crippen LogP contribution in [0.2, 0.25) is 0 Å². The van der Waals surface area contributed by atoms with Crippen molar-refractivity contribution in [1.29, 1.82) is 0 Å². The lowest BCUT2D eigenvalue weighted by atomic mass is 9.80. The van der Waals surface area contributed by atoms with Crippen LogP contribution in [-0.2, 0) is 4.74 Å². The largest absolute Gasteiger partial charge is 0.508 e. The van der Waals surface area contributed by atoms with Gasteiger partial charge in [0.2, 0.25) is 0 Å². The number of carbonyl (C=O) groups excluding carboxylic acids is 1. The van der Waals surface area contributed by atoms with Crippen molar-refractivity contribution in [2.24, 2.45) is 0 Å². The van der Waals surface area contributed by atoms with Crippen molar-refractivity contribution in [1.82, 2.24) is 5.32 Å². The molecule has 0 unspecified atom stereocenters. The minimum absolute atomic E-state index is 0.0728. The molecule has 1 aromatic carbocycles. The van der Waals surface area contributed by atoms with Gasteiger partial charge in [-0.25, -0.2) is 0 Å². The number of phenolic OH excluding ortho intramolecular Hbond substituents is 2. The average Bonchev–Trinajstić information content (AvgIpc) is 2.27. The van der Waals surface area contributed by atoms with E-state index in [0.29, 0.717) is 6.54 Å². The van der Waals surface area contributed by atoms with Gasteiger partial charge >= 0.3 is 0 Å². The number of aromatic hydroxyl groups is 2. The number of ether oxygens (including phenoxy) is 1. The summed E-state index contributed by atoms with van der Waals surface area (Å²) in [6, 6.07) is 3.90. The first kappa shape index (κ1) is 12.7. The highest BCUT2D eigenvalue weighted by Gasteiger charge is 2.37. The maximum Gasteiger partial charge on any atom is 0.255 e. The van der Waals surface area contributed by atoms with Gasteiger partial charge in [0.15, 0.2) is 0 Å². The molecule has 0 saturated heterocycles. The first-order chi connectivity index (χ1) is 8.56. The van der Waals surface area contributed by atoms with Crippen molar-refractivity contribution in [3.8, 4) is 11.5 Å². The fourth-order valence-electron chi connectivity index (χ4n) is 2.07.